The van der Waals surface area contributed by atoms with Crippen molar-refractivity contribution in [3.05, 3.63) is 34.9 Å². The summed E-state index contributed by atoms with van der Waals surface area (Å²) in [6, 6.07) is 6.76. The quantitative estimate of drug-likeness (QED) is 0.647. The maximum Gasteiger partial charge on any atom is 0.251 e. The number of hydrogen-bond donors (Lipinski definition) is 2. The van der Waals surface area contributed by atoms with Gasteiger partial charge in [-0.3, -0.25) is 9.59 Å². The zero-order valence-corrected chi connectivity index (χ0v) is 16.2. The van der Waals surface area contributed by atoms with Crippen molar-refractivity contribution < 1.29 is 9.59 Å². The van der Waals surface area contributed by atoms with Gasteiger partial charge in [-0.15, -0.1) is 0 Å². The zero-order chi connectivity index (χ0) is 18.6. The summed E-state index contributed by atoms with van der Waals surface area (Å²) in [4.78, 5) is 26.3. The number of hydrogen-bond acceptors (Lipinski definition) is 3. The highest BCUT2D eigenvalue weighted by molar-refractivity contribution is 6.30. The Hall–Kier alpha value is -1.59. The summed E-state index contributed by atoms with van der Waals surface area (Å²) in [5.74, 6) is -0.0823. The van der Waals surface area contributed by atoms with Crippen LogP contribution < -0.4 is 10.6 Å². The average Bonchev–Trinajstić information content (AvgIpc) is 2.91. The lowest BCUT2D eigenvalue weighted by Crippen LogP contribution is -2.31. The van der Waals surface area contributed by atoms with Gasteiger partial charge in [-0.05, 0) is 69.6 Å². The van der Waals surface area contributed by atoms with Gasteiger partial charge in [0, 0.05) is 30.1 Å². The SMILES string of the molecule is O=C(CCCNC(=O)c1ccc(Cl)cc1)NCCCN1CCCCCC1. The molecule has 0 aliphatic carbocycles. The van der Waals surface area contributed by atoms with Gasteiger partial charge in [-0.2, -0.15) is 0 Å². The largest absolute Gasteiger partial charge is 0.356 e. The molecule has 0 spiro atoms. The van der Waals surface area contributed by atoms with Crippen LogP contribution in [0.15, 0.2) is 24.3 Å². The van der Waals surface area contributed by atoms with Gasteiger partial charge >= 0.3 is 0 Å². The normalized spacial score (nSPS) is 15.3. The second-order valence-electron chi connectivity index (χ2n) is 6.83. The molecule has 0 aromatic heterocycles. The molecule has 0 saturated carbocycles. The van der Waals surface area contributed by atoms with Gasteiger partial charge < -0.3 is 15.5 Å². The Kier molecular flexibility index (Phi) is 9.50. The number of nitrogens with zero attached hydrogens (tertiary/aromatic N) is 1. The summed E-state index contributed by atoms with van der Waals surface area (Å²) in [7, 11) is 0. The Labute approximate surface area is 161 Å². The molecule has 144 valence electrons. The van der Waals surface area contributed by atoms with Crippen LogP contribution in [0.5, 0.6) is 0 Å². The molecule has 26 heavy (non-hydrogen) atoms. The summed E-state index contributed by atoms with van der Waals surface area (Å²) < 4.78 is 0. The topological polar surface area (TPSA) is 61.4 Å². The Morgan fingerprint density at radius 2 is 1.58 bits per heavy atom. The van der Waals surface area contributed by atoms with Crippen molar-refractivity contribution in [3.8, 4) is 0 Å². The van der Waals surface area contributed by atoms with Crippen molar-refractivity contribution in [2.24, 2.45) is 0 Å². The smallest absolute Gasteiger partial charge is 0.251 e. The fraction of sp³-hybridized carbons (Fsp3) is 0.600. The highest BCUT2D eigenvalue weighted by Crippen LogP contribution is 2.10. The number of nitrogens with one attached hydrogen (secondary N) is 2. The molecule has 6 heteroatoms. The monoisotopic (exact) mass is 379 g/mol. The van der Waals surface area contributed by atoms with Crippen LogP contribution in [0, 0.1) is 0 Å². The molecule has 2 amide bonds. The molecule has 2 N–H and O–H groups in total. The number of halogens is 1. The Bertz CT molecular complexity index is 555. The van der Waals surface area contributed by atoms with Crippen LogP contribution in [0.3, 0.4) is 0 Å². The minimum atomic E-state index is -0.139. The van der Waals surface area contributed by atoms with Crippen LogP contribution in [-0.4, -0.2) is 49.4 Å². The molecule has 1 aromatic carbocycles. The van der Waals surface area contributed by atoms with E-state index in [9.17, 15) is 9.59 Å². The van der Waals surface area contributed by atoms with Gasteiger partial charge in [0.1, 0.15) is 0 Å². The first kappa shape index (κ1) is 20.7. The number of carbonyl (C=O) groups excluding carboxylic acids is 2. The summed E-state index contributed by atoms with van der Waals surface area (Å²) >= 11 is 5.80. The first-order chi connectivity index (χ1) is 12.6. The fourth-order valence-electron chi connectivity index (χ4n) is 3.13. The lowest BCUT2D eigenvalue weighted by Gasteiger charge is -2.19. The van der Waals surface area contributed by atoms with Gasteiger partial charge in [-0.1, -0.05) is 24.4 Å². The van der Waals surface area contributed by atoms with E-state index < -0.39 is 0 Å². The maximum atomic E-state index is 11.9. The van der Waals surface area contributed by atoms with E-state index in [0.29, 0.717) is 30.0 Å². The molecule has 0 radical (unpaired) electrons. The Morgan fingerprint density at radius 3 is 2.27 bits per heavy atom. The third-order valence-corrected chi connectivity index (χ3v) is 4.90. The second-order valence-corrected chi connectivity index (χ2v) is 7.26. The fourth-order valence-corrected chi connectivity index (χ4v) is 3.26. The molecule has 0 bridgehead atoms. The van der Waals surface area contributed by atoms with Crippen LogP contribution >= 0.6 is 11.6 Å². The van der Waals surface area contributed by atoms with Gasteiger partial charge in [0.15, 0.2) is 0 Å². The molecule has 1 aliphatic rings. The lowest BCUT2D eigenvalue weighted by atomic mass is 10.2. The highest BCUT2D eigenvalue weighted by Gasteiger charge is 2.09. The molecule has 0 unspecified atom stereocenters. The van der Waals surface area contributed by atoms with Crippen molar-refractivity contribution in [3.63, 3.8) is 0 Å². The molecular formula is C20H30ClN3O2. The van der Waals surface area contributed by atoms with Crippen molar-refractivity contribution in [2.45, 2.75) is 44.9 Å². The maximum absolute atomic E-state index is 11.9. The first-order valence-corrected chi connectivity index (χ1v) is 10.1. The van der Waals surface area contributed by atoms with Gasteiger partial charge in [0.05, 0.1) is 0 Å². The predicted octanol–water partition coefficient (Wildman–Crippen LogP) is 3.23. The minimum Gasteiger partial charge on any atom is -0.356 e. The van der Waals surface area contributed by atoms with E-state index in [1.54, 1.807) is 24.3 Å². The van der Waals surface area contributed by atoms with Crippen LogP contribution in [0.25, 0.3) is 0 Å². The standard InChI is InChI=1S/C20H30ClN3O2/c21-18-10-8-17(9-11-18)20(26)23-12-5-7-19(25)22-13-6-16-24-14-3-1-2-4-15-24/h8-11H,1-7,12-16H2,(H,22,25)(H,23,26). The molecular weight excluding hydrogens is 350 g/mol. The van der Waals surface area contributed by atoms with E-state index in [0.717, 1.165) is 19.5 Å². The van der Waals surface area contributed by atoms with E-state index in [2.05, 4.69) is 15.5 Å². The van der Waals surface area contributed by atoms with Crippen molar-refractivity contribution in [2.75, 3.05) is 32.7 Å². The predicted molar refractivity (Wildman–Crippen MR) is 106 cm³/mol. The average molecular weight is 380 g/mol. The van der Waals surface area contributed by atoms with E-state index in [1.165, 1.54) is 38.8 Å². The van der Waals surface area contributed by atoms with E-state index in [4.69, 9.17) is 11.6 Å². The van der Waals surface area contributed by atoms with Crippen molar-refractivity contribution in [1.82, 2.24) is 15.5 Å². The van der Waals surface area contributed by atoms with Gasteiger partial charge in [0.25, 0.3) is 5.91 Å². The van der Waals surface area contributed by atoms with E-state index in [1.807, 2.05) is 0 Å². The number of likely N-dealkylation sites (tertiary alicyclic amines) is 1. The molecule has 2 rings (SSSR count). The zero-order valence-electron chi connectivity index (χ0n) is 15.4. The summed E-state index contributed by atoms with van der Waals surface area (Å²) in [6.07, 6.45) is 7.37. The number of rotatable bonds is 9. The molecule has 1 saturated heterocycles. The summed E-state index contributed by atoms with van der Waals surface area (Å²) in [5, 5.41) is 6.40. The summed E-state index contributed by atoms with van der Waals surface area (Å²) in [6.45, 7) is 4.68. The van der Waals surface area contributed by atoms with Crippen LogP contribution in [0.4, 0.5) is 0 Å². The van der Waals surface area contributed by atoms with Crippen molar-refractivity contribution >= 4 is 23.4 Å². The number of amides is 2. The van der Waals surface area contributed by atoms with Gasteiger partial charge in [-0.25, -0.2) is 0 Å². The Balaban J connectivity index is 1.49. The molecule has 1 fully saturated rings. The van der Waals surface area contributed by atoms with Crippen LogP contribution in [0.2, 0.25) is 5.02 Å². The lowest BCUT2D eigenvalue weighted by molar-refractivity contribution is -0.121. The van der Waals surface area contributed by atoms with Crippen LogP contribution in [0.1, 0.15) is 55.3 Å². The third-order valence-electron chi connectivity index (χ3n) is 4.64. The first-order valence-electron chi connectivity index (χ1n) is 9.68. The van der Waals surface area contributed by atoms with Crippen LogP contribution in [-0.2, 0) is 4.79 Å². The second kappa shape index (κ2) is 11.9. The number of carbonyl (C=O) groups is 2. The molecule has 5 nitrogen and oxygen atoms in total. The Morgan fingerprint density at radius 1 is 0.923 bits per heavy atom. The van der Waals surface area contributed by atoms with Crippen molar-refractivity contribution in [1.29, 1.82) is 0 Å². The minimum absolute atomic E-state index is 0.0570. The number of benzene rings is 1. The summed E-state index contributed by atoms with van der Waals surface area (Å²) in [5.41, 5.74) is 0.576. The molecule has 0 atom stereocenters. The van der Waals surface area contributed by atoms with E-state index >= 15 is 0 Å². The highest BCUT2D eigenvalue weighted by atomic mass is 35.5. The van der Waals surface area contributed by atoms with Gasteiger partial charge in [0.2, 0.25) is 5.91 Å². The molecule has 1 aliphatic heterocycles. The third kappa shape index (κ3) is 8.19. The molecule has 1 heterocycles. The molecule has 1 aromatic rings. The van der Waals surface area contributed by atoms with E-state index in [-0.39, 0.29) is 11.8 Å².